The number of hydrogen-bond donors (Lipinski definition) is 1. The summed E-state index contributed by atoms with van der Waals surface area (Å²) in [6.07, 6.45) is 3.90. The molecule has 2 unspecified atom stereocenters. The highest BCUT2D eigenvalue weighted by Crippen LogP contribution is 2.32. The van der Waals surface area contributed by atoms with Gasteiger partial charge < -0.3 is 10.1 Å². The van der Waals surface area contributed by atoms with Gasteiger partial charge in [-0.15, -0.1) is 0 Å². The highest BCUT2D eigenvalue weighted by atomic mass is 16.5. The predicted octanol–water partition coefficient (Wildman–Crippen LogP) is 3.98. The Hall–Kier alpha value is -1.38. The molecule has 2 aromatic rings. The fourth-order valence-electron chi connectivity index (χ4n) is 3.31. The topological polar surface area (TPSA) is 21.3 Å². The van der Waals surface area contributed by atoms with E-state index in [1.807, 2.05) is 7.05 Å². The fourth-order valence-corrected chi connectivity index (χ4v) is 3.31. The van der Waals surface area contributed by atoms with E-state index in [2.05, 4.69) is 48.6 Å². The molecule has 3 rings (SSSR count). The third-order valence-corrected chi connectivity index (χ3v) is 4.41. The van der Waals surface area contributed by atoms with Gasteiger partial charge in [-0.2, -0.15) is 0 Å². The van der Waals surface area contributed by atoms with Gasteiger partial charge in [-0.05, 0) is 55.1 Å². The molecular formula is C18H23NO. The molecule has 1 heterocycles. The molecule has 1 aliphatic rings. The molecule has 0 bridgehead atoms. The Morgan fingerprint density at radius 2 is 1.90 bits per heavy atom. The van der Waals surface area contributed by atoms with E-state index in [-0.39, 0.29) is 6.04 Å². The van der Waals surface area contributed by atoms with Crippen molar-refractivity contribution in [3.05, 3.63) is 47.5 Å². The molecule has 1 aliphatic heterocycles. The third-order valence-electron chi connectivity index (χ3n) is 4.41. The van der Waals surface area contributed by atoms with E-state index in [9.17, 15) is 0 Å². The largest absolute Gasteiger partial charge is 0.376 e. The van der Waals surface area contributed by atoms with Crippen molar-refractivity contribution < 1.29 is 4.74 Å². The van der Waals surface area contributed by atoms with Crippen LogP contribution >= 0.6 is 0 Å². The zero-order valence-corrected chi connectivity index (χ0v) is 12.4. The lowest BCUT2D eigenvalue weighted by Crippen LogP contribution is -2.34. The van der Waals surface area contributed by atoms with Crippen LogP contribution in [0, 0.1) is 6.92 Å². The van der Waals surface area contributed by atoms with Crippen LogP contribution in [0.2, 0.25) is 0 Å². The summed E-state index contributed by atoms with van der Waals surface area (Å²) < 4.78 is 6.00. The van der Waals surface area contributed by atoms with Crippen LogP contribution in [0.5, 0.6) is 0 Å². The summed E-state index contributed by atoms with van der Waals surface area (Å²) in [7, 11) is 2.04. The second kappa shape index (κ2) is 5.94. The number of fused-ring (bicyclic) bond motifs is 1. The van der Waals surface area contributed by atoms with Crippen molar-refractivity contribution in [1.29, 1.82) is 0 Å². The summed E-state index contributed by atoms with van der Waals surface area (Å²) in [5.41, 5.74) is 2.70. The molecule has 1 N–H and O–H groups in total. The minimum atomic E-state index is 0.279. The minimum absolute atomic E-state index is 0.279. The quantitative estimate of drug-likeness (QED) is 0.910. The van der Waals surface area contributed by atoms with Gasteiger partial charge in [-0.1, -0.05) is 36.4 Å². The van der Waals surface area contributed by atoms with Gasteiger partial charge in [0.1, 0.15) is 0 Å². The zero-order valence-electron chi connectivity index (χ0n) is 12.4. The van der Waals surface area contributed by atoms with E-state index < -0.39 is 0 Å². The number of hydrogen-bond acceptors (Lipinski definition) is 2. The Bertz CT molecular complexity index is 587. The van der Waals surface area contributed by atoms with Gasteiger partial charge in [0.15, 0.2) is 0 Å². The van der Waals surface area contributed by atoms with Gasteiger partial charge >= 0.3 is 0 Å². The number of nitrogens with one attached hydrogen (secondary N) is 1. The van der Waals surface area contributed by atoms with Crippen LogP contribution in [-0.4, -0.2) is 19.8 Å². The van der Waals surface area contributed by atoms with Crippen LogP contribution in [0.1, 0.15) is 36.4 Å². The first-order valence-corrected chi connectivity index (χ1v) is 7.58. The number of rotatable bonds is 3. The van der Waals surface area contributed by atoms with E-state index in [1.165, 1.54) is 34.7 Å². The summed E-state index contributed by atoms with van der Waals surface area (Å²) in [6.45, 7) is 3.07. The molecule has 0 aliphatic carbocycles. The Labute approximate surface area is 121 Å². The number of ether oxygens (including phenoxy) is 1. The van der Waals surface area contributed by atoms with Gasteiger partial charge in [-0.25, -0.2) is 0 Å². The van der Waals surface area contributed by atoms with Crippen LogP contribution in [-0.2, 0) is 4.74 Å². The highest BCUT2D eigenvalue weighted by Gasteiger charge is 2.26. The molecule has 1 fully saturated rings. The van der Waals surface area contributed by atoms with Crippen LogP contribution in [0.25, 0.3) is 10.8 Å². The summed E-state index contributed by atoms with van der Waals surface area (Å²) in [6, 6.07) is 13.4. The Morgan fingerprint density at radius 3 is 2.60 bits per heavy atom. The average molecular weight is 269 g/mol. The zero-order chi connectivity index (χ0) is 13.9. The number of benzene rings is 2. The van der Waals surface area contributed by atoms with E-state index in [1.54, 1.807) is 0 Å². The van der Waals surface area contributed by atoms with Crippen molar-refractivity contribution in [3.63, 3.8) is 0 Å². The molecule has 2 nitrogen and oxygen atoms in total. The molecule has 0 aromatic heterocycles. The molecule has 0 radical (unpaired) electrons. The highest BCUT2D eigenvalue weighted by molar-refractivity contribution is 5.89. The molecular weight excluding hydrogens is 246 g/mol. The standard InChI is InChI=1S/C18H23NO/c1-13-10-11-16(15-8-4-3-7-14(13)15)18(19-2)17-9-5-6-12-20-17/h3-4,7-8,10-11,17-19H,5-6,9,12H2,1-2H3. The lowest BCUT2D eigenvalue weighted by Gasteiger charge is -2.31. The van der Waals surface area contributed by atoms with Gasteiger partial charge in [-0.3, -0.25) is 0 Å². The van der Waals surface area contributed by atoms with Crippen molar-refractivity contribution in [1.82, 2.24) is 5.32 Å². The Balaban J connectivity index is 2.05. The Kier molecular flexibility index (Phi) is 4.04. The minimum Gasteiger partial charge on any atom is -0.376 e. The third kappa shape index (κ3) is 2.46. The van der Waals surface area contributed by atoms with Gasteiger partial charge in [0, 0.05) is 6.61 Å². The maximum atomic E-state index is 6.00. The fraction of sp³-hybridized carbons (Fsp3) is 0.444. The lowest BCUT2D eigenvalue weighted by molar-refractivity contribution is -0.00632. The molecule has 20 heavy (non-hydrogen) atoms. The normalized spacial score (nSPS) is 21.0. The SMILES string of the molecule is CNC(c1ccc(C)c2ccccc12)C1CCCCO1. The molecule has 0 saturated carbocycles. The van der Waals surface area contributed by atoms with Crippen molar-refractivity contribution >= 4 is 10.8 Å². The van der Waals surface area contributed by atoms with Crippen molar-refractivity contribution in [2.75, 3.05) is 13.7 Å². The van der Waals surface area contributed by atoms with Crippen molar-refractivity contribution in [2.24, 2.45) is 0 Å². The van der Waals surface area contributed by atoms with Crippen LogP contribution in [0.3, 0.4) is 0 Å². The molecule has 2 heteroatoms. The summed E-state index contributed by atoms with van der Waals surface area (Å²) in [5, 5.41) is 6.17. The van der Waals surface area contributed by atoms with Crippen LogP contribution in [0.15, 0.2) is 36.4 Å². The van der Waals surface area contributed by atoms with E-state index in [4.69, 9.17) is 4.74 Å². The molecule has 0 amide bonds. The second-order valence-corrected chi connectivity index (χ2v) is 5.69. The molecule has 1 saturated heterocycles. The van der Waals surface area contributed by atoms with Crippen molar-refractivity contribution in [3.8, 4) is 0 Å². The van der Waals surface area contributed by atoms with Crippen LogP contribution in [0.4, 0.5) is 0 Å². The number of likely N-dealkylation sites (N-methyl/N-ethyl adjacent to an activating group) is 1. The van der Waals surface area contributed by atoms with Gasteiger partial charge in [0.2, 0.25) is 0 Å². The lowest BCUT2D eigenvalue weighted by atomic mass is 9.90. The first-order chi connectivity index (χ1) is 9.81. The second-order valence-electron chi connectivity index (χ2n) is 5.69. The molecule has 0 spiro atoms. The Morgan fingerprint density at radius 1 is 1.10 bits per heavy atom. The smallest absolute Gasteiger partial charge is 0.0769 e. The average Bonchev–Trinajstić information content (AvgIpc) is 2.52. The van der Waals surface area contributed by atoms with E-state index >= 15 is 0 Å². The number of aryl methyl sites for hydroxylation is 1. The summed E-state index contributed by atoms with van der Waals surface area (Å²) in [4.78, 5) is 0. The van der Waals surface area contributed by atoms with E-state index in [0.29, 0.717) is 6.10 Å². The van der Waals surface area contributed by atoms with Gasteiger partial charge in [0.25, 0.3) is 0 Å². The molecule has 106 valence electrons. The maximum absolute atomic E-state index is 6.00. The summed E-state index contributed by atoms with van der Waals surface area (Å²) >= 11 is 0. The van der Waals surface area contributed by atoms with E-state index in [0.717, 1.165) is 13.0 Å². The maximum Gasteiger partial charge on any atom is 0.0769 e. The monoisotopic (exact) mass is 269 g/mol. The van der Waals surface area contributed by atoms with Gasteiger partial charge in [0.05, 0.1) is 12.1 Å². The first kappa shape index (κ1) is 13.6. The summed E-state index contributed by atoms with van der Waals surface area (Å²) in [5.74, 6) is 0. The predicted molar refractivity (Wildman–Crippen MR) is 84.1 cm³/mol. The van der Waals surface area contributed by atoms with Crippen molar-refractivity contribution in [2.45, 2.75) is 38.3 Å². The van der Waals surface area contributed by atoms with Crippen LogP contribution < -0.4 is 5.32 Å². The first-order valence-electron chi connectivity index (χ1n) is 7.58. The molecule has 2 aromatic carbocycles. The molecule has 2 atom stereocenters.